The molecule has 4 heteroatoms. The van der Waals surface area contributed by atoms with Crippen molar-refractivity contribution in [3.05, 3.63) is 29.8 Å². The first-order valence-corrected chi connectivity index (χ1v) is 8.11. The Labute approximate surface area is 126 Å². The maximum absolute atomic E-state index is 12.0. The highest BCUT2D eigenvalue weighted by Crippen LogP contribution is 2.17. The molecule has 1 unspecified atom stereocenters. The van der Waals surface area contributed by atoms with Crippen molar-refractivity contribution in [3.63, 3.8) is 0 Å². The monoisotopic (exact) mass is 287 g/mol. The number of carbonyl (C=O) groups is 1. The van der Waals surface area contributed by atoms with Crippen molar-refractivity contribution in [2.24, 2.45) is 5.92 Å². The van der Waals surface area contributed by atoms with Gasteiger partial charge in [0.2, 0.25) is 5.91 Å². The number of hydrogen-bond acceptors (Lipinski definition) is 3. The van der Waals surface area contributed by atoms with Gasteiger partial charge in [-0.15, -0.1) is 0 Å². The van der Waals surface area contributed by atoms with Crippen molar-refractivity contribution < 1.29 is 4.79 Å². The summed E-state index contributed by atoms with van der Waals surface area (Å²) in [6.45, 7) is 5.48. The maximum atomic E-state index is 12.0. The van der Waals surface area contributed by atoms with Crippen LogP contribution >= 0.6 is 0 Å². The van der Waals surface area contributed by atoms with Crippen LogP contribution in [0.3, 0.4) is 0 Å². The SMILES string of the molecule is O=C(CC1CCNC1)Nc1ccc(CN2CCCC2)cc1. The molecule has 2 aliphatic rings. The lowest BCUT2D eigenvalue weighted by Gasteiger charge is -2.15. The second kappa shape index (κ2) is 7.05. The van der Waals surface area contributed by atoms with Crippen LogP contribution in [-0.4, -0.2) is 37.0 Å². The Balaban J connectivity index is 1.47. The average Bonchev–Trinajstić information content (AvgIpc) is 3.14. The molecule has 2 saturated heterocycles. The minimum absolute atomic E-state index is 0.135. The van der Waals surface area contributed by atoms with E-state index >= 15 is 0 Å². The van der Waals surface area contributed by atoms with Gasteiger partial charge in [0.05, 0.1) is 0 Å². The van der Waals surface area contributed by atoms with Crippen LogP contribution in [0.25, 0.3) is 0 Å². The van der Waals surface area contributed by atoms with E-state index in [1.54, 1.807) is 0 Å². The molecule has 2 N–H and O–H groups in total. The summed E-state index contributed by atoms with van der Waals surface area (Å²) in [7, 11) is 0. The van der Waals surface area contributed by atoms with E-state index in [0.717, 1.165) is 31.7 Å². The highest BCUT2D eigenvalue weighted by molar-refractivity contribution is 5.90. The Kier molecular flexibility index (Phi) is 4.88. The van der Waals surface area contributed by atoms with Crippen LogP contribution in [0.1, 0.15) is 31.2 Å². The molecule has 2 heterocycles. The molecule has 0 spiro atoms. The van der Waals surface area contributed by atoms with Gasteiger partial charge in [0.15, 0.2) is 0 Å². The van der Waals surface area contributed by atoms with E-state index in [4.69, 9.17) is 0 Å². The molecular formula is C17H25N3O. The number of likely N-dealkylation sites (tertiary alicyclic amines) is 1. The Bertz CT molecular complexity index is 459. The quantitative estimate of drug-likeness (QED) is 0.873. The van der Waals surface area contributed by atoms with Gasteiger partial charge in [-0.25, -0.2) is 0 Å². The molecule has 1 aromatic carbocycles. The molecule has 0 aromatic heterocycles. The topological polar surface area (TPSA) is 44.4 Å². The number of amides is 1. The molecule has 21 heavy (non-hydrogen) atoms. The number of nitrogens with one attached hydrogen (secondary N) is 2. The van der Waals surface area contributed by atoms with Crippen LogP contribution in [-0.2, 0) is 11.3 Å². The zero-order valence-corrected chi connectivity index (χ0v) is 12.6. The Morgan fingerprint density at radius 2 is 2.00 bits per heavy atom. The van der Waals surface area contributed by atoms with Crippen LogP contribution in [0.2, 0.25) is 0 Å². The van der Waals surface area contributed by atoms with E-state index in [-0.39, 0.29) is 5.91 Å². The summed E-state index contributed by atoms with van der Waals surface area (Å²) in [4.78, 5) is 14.5. The number of nitrogens with zero attached hydrogens (tertiary/aromatic N) is 1. The molecule has 1 amide bonds. The highest BCUT2D eigenvalue weighted by atomic mass is 16.1. The lowest BCUT2D eigenvalue weighted by Crippen LogP contribution is -2.19. The van der Waals surface area contributed by atoms with E-state index in [1.807, 2.05) is 12.1 Å². The molecule has 0 aliphatic carbocycles. The van der Waals surface area contributed by atoms with E-state index in [2.05, 4.69) is 27.7 Å². The number of carbonyl (C=O) groups excluding carboxylic acids is 1. The van der Waals surface area contributed by atoms with Gasteiger partial charge in [-0.3, -0.25) is 9.69 Å². The van der Waals surface area contributed by atoms with Crippen molar-refractivity contribution >= 4 is 11.6 Å². The molecule has 3 rings (SSSR count). The summed E-state index contributed by atoms with van der Waals surface area (Å²) >= 11 is 0. The Morgan fingerprint density at radius 3 is 2.67 bits per heavy atom. The van der Waals surface area contributed by atoms with E-state index < -0.39 is 0 Å². The average molecular weight is 287 g/mol. The molecule has 1 aromatic rings. The number of hydrogen-bond donors (Lipinski definition) is 2. The van der Waals surface area contributed by atoms with Gasteiger partial charge in [0, 0.05) is 18.7 Å². The van der Waals surface area contributed by atoms with Crippen molar-refractivity contribution in [1.82, 2.24) is 10.2 Å². The lowest BCUT2D eigenvalue weighted by molar-refractivity contribution is -0.116. The minimum Gasteiger partial charge on any atom is -0.326 e. The molecule has 0 bridgehead atoms. The maximum Gasteiger partial charge on any atom is 0.224 e. The summed E-state index contributed by atoms with van der Waals surface area (Å²) < 4.78 is 0. The summed E-state index contributed by atoms with van der Waals surface area (Å²) in [5.41, 5.74) is 2.24. The lowest BCUT2D eigenvalue weighted by atomic mass is 10.0. The van der Waals surface area contributed by atoms with Crippen LogP contribution < -0.4 is 10.6 Å². The number of rotatable bonds is 5. The molecule has 114 valence electrons. The zero-order chi connectivity index (χ0) is 14.5. The van der Waals surface area contributed by atoms with Crippen molar-refractivity contribution in [3.8, 4) is 0 Å². The number of anilines is 1. The summed E-state index contributed by atoms with van der Waals surface area (Å²) in [6, 6.07) is 8.31. The molecule has 0 radical (unpaired) electrons. The van der Waals surface area contributed by atoms with Gasteiger partial charge in [0.1, 0.15) is 0 Å². The van der Waals surface area contributed by atoms with Crippen LogP contribution in [0.4, 0.5) is 5.69 Å². The third kappa shape index (κ3) is 4.29. The van der Waals surface area contributed by atoms with Gasteiger partial charge in [-0.2, -0.15) is 0 Å². The molecule has 1 atom stereocenters. The molecule has 4 nitrogen and oxygen atoms in total. The molecular weight excluding hydrogens is 262 g/mol. The van der Waals surface area contributed by atoms with Crippen molar-refractivity contribution in [2.75, 3.05) is 31.5 Å². The smallest absolute Gasteiger partial charge is 0.224 e. The largest absolute Gasteiger partial charge is 0.326 e. The summed E-state index contributed by atoms with van der Waals surface area (Å²) in [5, 5.41) is 6.31. The third-order valence-corrected chi connectivity index (χ3v) is 4.48. The van der Waals surface area contributed by atoms with Crippen LogP contribution in [0, 0.1) is 5.92 Å². The molecule has 2 fully saturated rings. The first-order valence-electron chi connectivity index (χ1n) is 8.11. The molecule has 0 saturated carbocycles. The zero-order valence-electron chi connectivity index (χ0n) is 12.6. The first kappa shape index (κ1) is 14.5. The van der Waals surface area contributed by atoms with Gasteiger partial charge in [0.25, 0.3) is 0 Å². The molecule has 2 aliphatic heterocycles. The summed E-state index contributed by atoms with van der Waals surface area (Å²) in [6.07, 6.45) is 4.39. The van der Waals surface area contributed by atoms with Gasteiger partial charge in [-0.1, -0.05) is 12.1 Å². The van der Waals surface area contributed by atoms with Crippen LogP contribution in [0.15, 0.2) is 24.3 Å². The van der Waals surface area contributed by atoms with Gasteiger partial charge >= 0.3 is 0 Å². The Hall–Kier alpha value is -1.39. The summed E-state index contributed by atoms with van der Waals surface area (Å²) in [5.74, 6) is 0.635. The second-order valence-electron chi connectivity index (χ2n) is 6.29. The van der Waals surface area contributed by atoms with E-state index in [9.17, 15) is 4.79 Å². The van der Waals surface area contributed by atoms with Crippen molar-refractivity contribution in [1.29, 1.82) is 0 Å². The van der Waals surface area contributed by atoms with Crippen LogP contribution in [0.5, 0.6) is 0 Å². The normalized spacial score (nSPS) is 22.6. The standard InChI is InChI=1S/C17H25N3O/c21-17(11-15-7-8-18-12-15)19-16-5-3-14(4-6-16)13-20-9-1-2-10-20/h3-6,15,18H,1-2,7-13H2,(H,19,21). The fourth-order valence-electron chi connectivity index (χ4n) is 3.26. The van der Waals surface area contributed by atoms with Gasteiger partial charge < -0.3 is 10.6 Å². The second-order valence-corrected chi connectivity index (χ2v) is 6.29. The van der Waals surface area contributed by atoms with E-state index in [0.29, 0.717) is 12.3 Å². The predicted molar refractivity (Wildman–Crippen MR) is 85.2 cm³/mol. The highest BCUT2D eigenvalue weighted by Gasteiger charge is 2.18. The third-order valence-electron chi connectivity index (χ3n) is 4.48. The fourth-order valence-corrected chi connectivity index (χ4v) is 3.26. The first-order chi connectivity index (χ1) is 10.3. The van der Waals surface area contributed by atoms with Crippen molar-refractivity contribution in [2.45, 2.75) is 32.2 Å². The minimum atomic E-state index is 0.135. The van der Waals surface area contributed by atoms with E-state index in [1.165, 1.54) is 31.5 Å². The predicted octanol–water partition coefficient (Wildman–Crippen LogP) is 2.22. The fraction of sp³-hybridized carbons (Fsp3) is 0.588. The number of benzene rings is 1. The van der Waals surface area contributed by atoms with Gasteiger partial charge in [-0.05, 0) is 69.1 Å². The Morgan fingerprint density at radius 1 is 1.24 bits per heavy atom.